The van der Waals surface area contributed by atoms with Crippen molar-refractivity contribution in [1.29, 1.82) is 0 Å². The van der Waals surface area contributed by atoms with Crippen LogP contribution in [-0.4, -0.2) is 17.1 Å². The van der Waals surface area contributed by atoms with Gasteiger partial charge in [0.05, 0.1) is 18.5 Å². The maximum Gasteiger partial charge on any atom is 0.251 e. The number of phenols is 1. The van der Waals surface area contributed by atoms with Gasteiger partial charge in [0, 0.05) is 16.7 Å². The molecule has 0 amide bonds. The Morgan fingerprint density at radius 2 is 2.14 bits per heavy atom. The molecular weight excluding hydrogens is 306 g/mol. The van der Waals surface area contributed by atoms with Gasteiger partial charge < -0.3 is 9.84 Å². The lowest BCUT2D eigenvalue weighted by Gasteiger charge is -2.04. The van der Waals surface area contributed by atoms with Gasteiger partial charge in [-0.15, -0.1) is 0 Å². The van der Waals surface area contributed by atoms with Crippen molar-refractivity contribution in [3.8, 4) is 11.5 Å². The Morgan fingerprint density at radius 1 is 1.36 bits per heavy atom. The number of methoxy groups -OCH3 is 1. The van der Waals surface area contributed by atoms with Crippen LogP contribution in [0.25, 0.3) is 6.08 Å². The average molecular weight is 320 g/mol. The molecule has 2 aromatic rings. The van der Waals surface area contributed by atoms with Crippen molar-refractivity contribution in [2.45, 2.75) is 6.42 Å². The summed E-state index contributed by atoms with van der Waals surface area (Å²) >= 11 is 5.85. The highest BCUT2D eigenvalue weighted by Crippen LogP contribution is 2.25. The van der Waals surface area contributed by atoms with E-state index >= 15 is 0 Å². The van der Waals surface area contributed by atoms with Gasteiger partial charge in [-0.3, -0.25) is 10.1 Å². The highest BCUT2D eigenvalue weighted by atomic mass is 35.5. The number of nitrogens with zero attached hydrogens (tertiary/aromatic N) is 1. The predicted molar refractivity (Wildman–Crippen MR) is 84.8 cm³/mol. The van der Waals surface area contributed by atoms with Crippen molar-refractivity contribution >= 4 is 17.7 Å². The van der Waals surface area contributed by atoms with Crippen LogP contribution in [0.5, 0.6) is 11.5 Å². The molecule has 0 aliphatic heterocycles. The molecule has 2 aromatic carbocycles. The van der Waals surface area contributed by atoms with E-state index in [1.807, 2.05) is 0 Å². The quantitative estimate of drug-likeness (QED) is 0.669. The van der Waals surface area contributed by atoms with Crippen LogP contribution in [0.2, 0.25) is 5.02 Å². The van der Waals surface area contributed by atoms with E-state index in [1.54, 1.807) is 24.3 Å². The van der Waals surface area contributed by atoms with Gasteiger partial charge in [0.15, 0.2) is 0 Å². The molecule has 114 valence electrons. The molecule has 2 rings (SSSR count). The Kier molecular flexibility index (Phi) is 5.01. The zero-order valence-electron chi connectivity index (χ0n) is 11.8. The summed E-state index contributed by atoms with van der Waals surface area (Å²) in [6, 6.07) is 11.4. The molecule has 0 aromatic heterocycles. The Bertz CT molecular complexity index is 728. The number of aromatic hydroxyl groups is 1. The van der Waals surface area contributed by atoms with Crippen molar-refractivity contribution in [3.63, 3.8) is 0 Å². The summed E-state index contributed by atoms with van der Waals surface area (Å²) in [5.41, 5.74) is 0.997. The number of allylic oxidation sites excluding steroid dienone is 1. The molecule has 22 heavy (non-hydrogen) atoms. The van der Waals surface area contributed by atoms with Crippen molar-refractivity contribution < 1.29 is 14.8 Å². The lowest BCUT2D eigenvalue weighted by atomic mass is 10.1. The van der Waals surface area contributed by atoms with Crippen molar-refractivity contribution in [1.82, 2.24) is 0 Å². The Balaban J connectivity index is 2.35. The van der Waals surface area contributed by atoms with Crippen LogP contribution >= 0.6 is 11.6 Å². The average Bonchev–Trinajstić information content (AvgIpc) is 2.50. The number of halogens is 1. The molecule has 0 fully saturated rings. The molecule has 0 aliphatic carbocycles. The third kappa shape index (κ3) is 3.99. The van der Waals surface area contributed by atoms with E-state index in [4.69, 9.17) is 16.3 Å². The highest BCUT2D eigenvalue weighted by molar-refractivity contribution is 6.30. The molecule has 0 aliphatic rings. The summed E-state index contributed by atoms with van der Waals surface area (Å²) in [5, 5.41) is 21.4. The summed E-state index contributed by atoms with van der Waals surface area (Å²) < 4.78 is 5.10. The number of nitro groups is 1. The highest BCUT2D eigenvalue weighted by Gasteiger charge is 2.14. The molecule has 0 saturated heterocycles. The molecule has 6 heteroatoms. The first-order valence-corrected chi connectivity index (χ1v) is 6.84. The standard InChI is InChI=1S/C16H14ClNO4/c1-22-15-4-2-3-11(8-15)7-14(18(20)21)10-12-9-13(17)5-6-16(12)19/h2-6,8-10,19H,7H2,1H3/b14-10+. The van der Waals surface area contributed by atoms with E-state index in [2.05, 4.69) is 0 Å². The maximum absolute atomic E-state index is 11.3. The SMILES string of the molecule is COc1cccc(C/C(=C\c2cc(Cl)ccc2O)[N+](=O)[O-])c1. The smallest absolute Gasteiger partial charge is 0.251 e. The van der Waals surface area contributed by atoms with Crippen molar-refractivity contribution in [2.75, 3.05) is 7.11 Å². The summed E-state index contributed by atoms with van der Waals surface area (Å²) in [6.07, 6.45) is 1.43. The lowest BCUT2D eigenvalue weighted by Crippen LogP contribution is -2.02. The maximum atomic E-state index is 11.3. The van der Waals surface area contributed by atoms with Gasteiger partial charge in [-0.2, -0.15) is 0 Å². The Hall–Kier alpha value is -2.53. The second-order valence-corrected chi connectivity index (χ2v) is 5.06. The molecule has 0 unspecified atom stereocenters. The molecule has 0 bridgehead atoms. The molecule has 5 nitrogen and oxygen atoms in total. The third-order valence-corrected chi connectivity index (χ3v) is 3.30. The first-order chi connectivity index (χ1) is 10.5. The molecular formula is C16H14ClNO4. The zero-order valence-corrected chi connectivity index (χ0v) is 12.6. The number of rotatable bonds is 5. The van der Waals surface area contributed by atoms with Crippen LogP contribution in [0.1, 0.15) is 11.1 Å². The van der Waals surface area contributed by atoms with Gasteiger partial charge in [0.1, 0.15) is 11.5 Å². The summed E-state index contributed by atoms with van der Waals surface area (Å²) in [6.45, 7) is 0. The van der Waals surface area contributed by atoms with Gasteiger partial charge in [-0.25, -0.2) is 0 Å². The van der Waals surface area contributed by atoms with Crippen LogP contribution in [0.15, 0.2) is 48.2 Å². The van der Waals surface area contributed by atoms with Crippen LogP contribution in [-0.2, 0) is 6.42 Å². The predicted octanol–water partition coefficient (Wildman–Crippen LogP) is 3.91. The van der Waals surface area contributed by atoms with Crippen molar-refractivity contribution in [3.05, 3.63) is 74.4 Å². The number of phenolic OH excluding ortho intramolecular Hbond substituents is 1. The van der Waals surface area contributed by atoms with E-state index < -0.39 is 4.92 Å². The second-order valence-electron chi connectivity index (χ2n) is 4.62. The van der Waals surface area contributed by atoms with E-state index in [9.17, 15) is 15.2 Å². The first kappa shape index (κ1) is 15.9. The van der Waals surface area contributed by atoms with Gasteiger partial charge in [-0.1, -0.05) is 23.7 Å². The molecule has 0 spiro atoms. The first-order valence-electron chi connectivity index (χ1n) is 6.46. The number of benzene rings is 2. The number of hydrogen-bond donors (Lipinski definition) is 1. The zero-order chi connectivity index (χ0) is 16.1. The molecule has 0 radical (unpaired) electrons. The fraction of sp³-hybridized carbons (Fsp3) is 0.125. The van der Waals surface area contributed by atoms with Crippen LogP contribution < -0.4 is 4.74 Å². The van der Waals surface area contributed by atoms with Crippen LogP contribution in [0, 0.1) is 10.1 Å². The van der Waals surface area contributed by atoms with E-state index in [0.29, 0.717) is 16.3 Å². The van der Waals surface area contributed by atoms with Gasteiger partial charge in [-0.05, 0) is 35.9 Å². The Labute approximate surface area is 132 Å². The summed E-state index contributed by atoms with van der Waals surface area (Å²) in [5.74, 6) is 0.570. The molecule has 0 atom stereocenters. The normalized spacial score (nSPS) is 11.3. The minimum Gasteiger partial charge on any atom is -0.507 e. The topological polar surface area (TPSA) is 72.6 Å². The summed E-state index contributed by atoms with van der Waals surface area (Å²) in [4.78, 5) is 10.8. The van der Waals surface area contributed by atoms with Crippen LogP contribution in [0.3, 0.4) is 0 Å². The van der Waals surface area contributed by atoms with E-state index in [-0.39, 0.29) is 17.9 Å². The minimum absolute atomic E-state index is 0.0502. The van der Waals surface area contributed by atoms with Crippen LogP contribution in [0.4, 0.5) is 0 Å². The number of ether oxygens (including phenoxy) is 1. The van der Waals surface area contributed by atoms with Gasteiger partial charge in [0.2, 0.25) is 0 Å². The van der Waals surface area contributed by atoms with E-state index in [0.717, 1.165) is 5.56 Å². The fourth-order valence-electron chi connectivity index (χ4n) is 1.98. The van der Waals surface area contributed by atoms with Gasteiger partial charge >= 0.3 is 0 Å². The minimum atomic E-state index is -0.472. The second kappa shape index (κ2) is 6.95. The largest absolute Gasteiger partial charge is 0.507 e. The molecule has 1 N–H and O–H groups in total. The molecule has 0 saturated carbocycles. The fourth-order valence-corrected chi connectivity index (χ4v) is 2.16. The lowest BCUT2D eigenvalue weighted by molar-refractivity contribution is -0.425. The monoisotopic (exact) mass is 319 g/mol. The van der Waals surface area contributed by atoms with Crippen molar-refractivity contribution in [2.24, 2.45) is 0 Å². The summed E-state index contributed by atoms with van der Waals surface area (Å²) in [7, 11) is 1.54. The Morgan fingerprint density at radius 3 is 2.82 bits per heavy atom. The molecule has 0 heterocycles. The third-order valence-electron chi connectivity index (χ3n) is 3.07. The van der Waals surface area contributed by atoms with E-state index in [1.165, 1.54) is 31.4 Å². The number of hydrogen-bond acceptors (Lipinski definition) is 4. The van der Waals surface area contributed by atoms with Gasteiger partial charge in [0.25, 0.3) is 5.70 Å².